The fourth-order valence-corrected chi connectivity index (χ4v) is 6.59. The van der Waals surface area contributed by atoms with Crippen LogP contribution in [-0.2, 0) is 10.0 Å². The normalized spacial score (nSPS) is 17.6. The lowest BCUT2D eigenvalue weighted by atomic mass is 9.99. The van der Waals surface area contributed by atoms with Gasteiger partial charge in [0.1, 0.15) is 6.10 Å². The highest BCUT2D eigenvalue weighted by Crippen LogP contribution is 2.35. The summed E-state index contributed by atoms with van der Waals surface area (Å²) >= 11 is 0. The molecular weight excluding hydrogens is 592 g/mol. The number of hydrogen-bond donors (Lipinski definition) is 3. The second kappa shape index (κ2) is 13.3. The molecule has 10 nitrogen and oxygen atoms in total. The van der Waals surface area contributed by atoms with E-state index >= 15 is 0 Å². The van der Waals surface area contributed by atoms with Crippen LogP contribution in [0.5, 0.6) is 5.75 Å². The van der Waals surface area contributed by atoms with E-state index in [9.17, 15) is 23.1 Å². The lowest BCUT2D eigenvalue weighted by Crippen LogP contribution is -2.50. The largest absolute Gasteiger partial charge is 0.486 e. The Bertz CT molecular complexity index is 1810. The van der Waals surface area contributed by atoms with Crippen molar-refractivity contribution in [2.75, 3.05) is 37.4 Å². The number of likely N-dealkylation sites (N-methyl/N-ethyl adjacent to an activating group) is 1. The maximum atomic E-state index is 13.8. The van der Waals surface area contributed by atoms with Gasteiger partial charge in [-0.25, -0.2) is 13.2 Å². The number of rotatable bonds is 8. The molecule has 236 valence electrons. The number of amides is 3. The van der Waals surface area contributed by atoms with Gasteiger partial charge in [-0.2, -0.15) is 4.31 Å². The second-order valence-corrected chi connectivity index (χ2v) is 13.6. The van der Waals surface area contributed by atoms with Crippen molar-refractivity contribution in [2.45, 2.75) is 37.8 Å². The van der Waals surface area contributed by atoms with Gasteiger partial charge in [0, 0.05) is 24.9 Å². The van der Waals surface area contributed by atoms with Crippen molar-refractivity contribution >= 4 is 44.1 Å². The molecule has 3 atom stereocenters. The number of nitrogens with one attached hydrogen (secondary N) is 2. The number of para-hydroxylation sites is 1. The molecule has 45 heavy (non-hydrogen) atoms. The molecule has 1 aliphatic heterocycles. The summed E-state index contributed by atoms with van der Waals surface area (Å²) in [5, 5.41) is 17.5. The molecule has 4 aromatic carbocycles. The number of aliphatic hydroxyl groups is 1. The fraction of sp³-hybridized carbons (Fsp3) is 0.294. The minimum Gasteiger partial charge on any atom is -0.486 e. The molecule has 0 saturated heterocycles. The zero-order valence-corrected chi connectivity index (χ0v) is 26.5. The van der Waals surface area contributed by atoms with Crippen molar-refractivity contribution in [1.82, 2.24) is 9.21 Å². The van der Waals surface area contributed by atoms with Crippen LogP contribution in [0.25, 0.3) is 10.8 Å². The quantitative estimate of drug-likeness (QED) is 0.241. The first kappa shape index (κ1) is 32.0. The van der Waals surface area contributed by atoms with Gasteiger partial charge in [0.2, 0.25) is 10.0 Å². The van der Waals surface area contributed by atoms with Crippen molar-refractivity contribution in [3.05, 3.63) is 96.1 Å². The highest BCUT2D eigenvalue weighted by molar-refractivity contribution is 7.89. The van der Waals surface area contributed by atoms with Crippen LogP contribution < -0.4 is 15.4 Å². The molecule has 0 fully saturated rings. The van der Waals surface area contributed by atoms with E-state index in [1.165, 1.54) is 11.4 Å². The van der Waals surface area contributed by atoms with Gasteiger partial charge < -0.3 is 25.4 Å². The summed E-state index contributed by atoms with van der Waals surface area (Å²) in [6, 6.07) is 23.7. The number of benzene rings is 4. The summed E-state index contributed by atoms with van der Waals surface area (Å²) in [6.45, 7) is 5.44. The maximum Gasteiger partial charge on any atom is 0.323 e. The third kappa shape index (κ3) is 6.80. The van der Waals surface area contributed by atoms with Crippen molar-refractivity contribution in [3.63, 3.8) is 0 Å². The first-order chi connectivity index (χ1) is 21.5. The van der Waals surface area contributed by atoms with Gasteiger partial charge in [-0.05, 0) is 49.6 Å². The molecule has 0 spiro atoms. The second-order valence-electron chi connectivity index (χ2n) is 11.5. The first-order valence-corrected chi connectivity index (χ1v) is 16.2. The third-order valence-corrected chi connectivity index (χ3v) is 9.98. The van der Waals surface area contributed by atoms with Gasteiger partial charge in [-0.3, -0.25) is 4.79 Å². The molecule has 0 aliphatic carbocycles. The van der Waals surface area contributed by atoms with Crippen LogP contribution >= 0.6 is 0 Å². The Labute approximate surface area is 263 Å². The van der Waals surface area contributed by atoms with Gasteiger partial charge in [-0.15, -0.1) is 0 Å². The van der Waals surface area contributed by atoms with Crippen molar-refractivity contribution in [2.24, 2.45) is 5.92 Å². The minimum atomic E-state index is -3.85. The van der Waals surface area contributed by atoms with E-state index in [0.29, 0.717) is 5.69 Å². The molecule has 0 unspecified atom stereocenters. The van der Waals surface area contributed by atoms with Gasteiger partial charge in [0.05, 0.1) is 41.0 Å². The summed E-state index contributed by atoms with van der Waals surface area (Å²) in [5.74, 6) is -0.580. The average Bonchev–Trinajstić information content (AvgIpc) is 3.03. The highest BCUT2D eigenvalue weighted by Gasteiger charge is 2.36. The predicted molar refractivity (Wildman–Crippen MR) is 175 cm³/mol. The number of hydrogen-bond acceptors (Lipinski definition) is 6. The Kier molecular flexibility index (Phi) is 9.42. The maximum absolute atomic E-state index is 13.8. The number of aliphatic hydroxyl groups excluding tert-OH is 1. The van der Waals surface area contributed by atoms with Crippen LogP contribution in [0, 0.1) is 12.8 Å². The Hall–Kier alpha value is -4.45. The van der Waals surface area contributed by atoms with E-state index < -0.39 is 28.2 Å². The van der Waals surface area contributed by atoms with Gasteiger partial charge in [0.25, 0.3) is 5.91 Å². The van der Waals surface area contributed by atoms with Crippen LogP contribution in [0.2, 0.25) is 0 Å². The number of fused-ring (bicyclic) bond motifs is 2. The molecule has 11 heteroatoms. The van der Waals surface area contributed by atoms with E-state index in [1.54, 1.807) is 60.4 Å². The fourth-order valence-electron chi connectivity index (χ4n) is 5.41. The zero-order chi connectivity index (χ0) is 32.3. The molecule has 4 aromatic rings. The van der Waals surface area contributed by atoms with Crippen LogP contribution in [0.1, 0.15) is 29.8 Å². The smallest absolute Gasteiger partial charge is 0.323 e. The van der Waals surface area contributed by atoms with Crippen molar-refractivity contribution < 1.29 is 27.9 Å². The molecule has 1 aliphatic rings. The predicted octanol–water partition coefficient (Wildman–Crippen LogP) is 5.33. The lowest BCUT2D eigenvalue weighted by molar-refractivity contribution is 0.0389. The topological polar surface area (TPSA) is 128 Å². The Morgan fingerprint density at radius 2 is 1.64 bits per heavy atom. The number of ether oxygens (including phenoxy) is 1. The summed E-state index contributed by atoms with van der Waals surface area (Å²) in [5.41, 5.74) is 1.99. The van der Waals surface area contributed by atoms with E-state index in [-0.39, 0.29) is 53.4 Å². The van der Waals surface area contributed by atoms with Gasteiger partial charge in [-0.1, -0.05) is 67.1 Å². The van der Waals surface area contributed by atoms with Crippen LogP contribution in [-0.4, -0.2) is 73.6 Å². The Morgan fingerprint density at radius 1 is 1.00 bits per heavy atom. The molecule has 0 aromatic heterocycles. The number of anilines is 2. The molecule has 0 saturated carbocycles. The number of carbonyl (C=O) groups is 2. The monoisotopic (exact) mass is 630 g/mol. The number of urea groups is 1. The van der Waals surface area contributed by atoms with Gasteiger partial charge >= 0.3 is 6.03 Å². The molecular formula is C34H38N4O6S. The standard InChI is InChI=1S/C34H38N4O6S/c1-22-15-17-26(18-16-22)45(42,43)37(4)20-31-23(2)19-38(24(3)21-39)33(40)28-12-8-14-30(32(28)44-31)36-34(41)35-29-13-7-10-25-9-5-6-11-27(25)29/h5-18,23-24,31,39H,19-21H2,1-4H3,(H2,35,36,41)/t23-,24+,31-/m1/s1. The van der Waals surface area contributed by atoms with E-state index in [2.05, 4.69) is 10.6 Å². The number of carbonyl (C=O) groups excluding carboxylic acids is 2. The summed E-state index contributed by atoms with van der Waals surface area (Å²) < 4.78 is 34.7. The van der Waals surface area contributed by atoms with Crippen LogP contribution in [0.3, 0.4) is 0 Å². The SMILES string of the molecule is Cc1ccc(S(=O)(=O)N(C)C[C@H]2Oc3c(NC(=O)Nc4cccc5ccccc45)cccc3C(=O)N([C@@H](C)CO)C[C@H]2C)cc1. The van der Waals surface area contributed by atoms with Crippen LogP contribution in [0.15, 0.2) is 89.8 Å². The summed E-state index contributed by atoms with van der Waals surface area (Å²) in [6.07, 6.45) is -0.709. The van der Waals surface area contributed by atoms with Crippen molar-refractivity contribution in [3.8, 4) is 5.75 Å². The van der Waals surface area contributed by atoms with Crippen molar-refractivity contribution in [1.29, 1.82) is 0 Å². The Morgan fingerprint density at radius 3 is 2.38 bits per heavy atom. The minimum absolute atomic E-state index is 0.0249. The van der Waals surface area contributed by atoms with E-state index in [1.807, 2.05) is 50.2 Å². The first-order valence-electron chi connectivity index (χ1n) is 14.8. The third-order valence-electron chi connectivity index (χ3n) is 8.14. The number of sulfonamides is 1. The highest BCUT2D eigenvalue weighted by atomic mass is 32.2. The summed E-state index contributed by atoms with van der Waals surface area (Å²) in [4.78, 5) is 28.8. The summed E-state index contributed by atoms with van der Waals surface area (Å²) in [7, 11) is -2.36. The number of nitrogens with zero attached hydrogens (tertiary/aromatic N) is 2. The van der Waals surface area contributed by atoms with Crippen LogP contribution in [0.4, 0.5) is 16.2 Å². The molecule has 3 N–H and O–H groups in total. The molecule has 1 heterocycles. The van der Waals surface area contributed by atoms with Gasteiger partial charge in [0.15, 0.2) is 5.75 Å². The Balaban J connectivity index is 1.48. The van der Waals surface area contributed by atoms with E-state index in [4.69, 9.17) is 4.74 Å². The number of aryl methyl sites for hydroxylation is 1. The molecule has 0 bridgehead atoms. The lowest BCUT2D eigenvalue weighted by Gasteiger charge is -2.38. The zero-order valence-electron chi connectivity index (χ0n) is 25.7. The molecule has 5 rings (SSSR count). The molecule has 3 amide bonds. The molecule has 0 radical (unpaired) electrons. The average molecular weight is 631 g/mol. The van der Waals surface area contributed by atoms with E-state index in [0.717, 1.165) is 16.3 Å².